The summed E-state index contributed by atoms with van der Waals surface area (Å²) in [4.78, 5) is 0. The zero-order chi connectivity index (χ0) is 4.57. The molecule has 0 amide bonds. The maximum atomic E-state index is 2.33. The van der Waals surface area contributed by atoms with Crippen LogP contribution in [0, 0.1) is 0 Å². The molecular formula is C5H11P. The van der Waals surface area contributed by atoms with Crippen molar-refractivity contribution < 1.29 is 0 Å². The molecule has 0 bridgehead atoms. The van der Waals surface area contributed by atoms with Crippen LogP contribution in [0.3, 0.4) is 0 Å². The third-order valence-electron chi connectivity index (χ3n) is 1.28. The molecule has 0 saturated carbocycles. The lowest BCUT2D eigenvalue weighted by molar-refractivity contribution is 0.724. The van der Waals surface area contributed by atoms with Gasteiger partial charge in [-0.2, -0.15) is 0 Å². The van der Waals surface area contributed by atoms with Gasteiger partial charge in [-0.1, -0.05) is 13.8 Å². The molecule has 6 heavy (non-hydrogen) atoms. The highest BCUT2D eigenvalue weighted by molar-refractivity contribution is 7.41. The van der Waals surface area contributed by atoms with Crippen LogP contribution in [-0.4, -0.2) is 11.3 Å². The number of rotatable bonds is 0. The second-order valence-electron chi connectivity index (χ2n) is 2.20. The van der Waals surface area contributed by atoms with Gasteiger partial charge in [0, 0.05) is 0 Å². The fraction of sp³-hybridized carbons (Fsp3) is 1.00. The van der Waals surface area contributed by atoms with Gasteiger partial charge in [0.05, 0.1) is 0 Å². The fourth-order valence-electron chi connectivity index (χ4n) is 0.992. The first kappa shape index (κ1) is 4.59. The van der Waals surface area contributed by atoms with Gasteiger partial charge in [-0.05, 0) is 17.7 Å². The predicted molar refractivity (Wildman–Crippen MR) is 31.9 cm³/mol. The molecule has 0 aromatic heterocycles. The summed E-state index contributed by atoms with van der Waals surface area (Å²) in [6, 6.07) is 0. The lowest BCUT2D eigenvalue weighted by atomic mass is 10.2. The lowest BCUT2D eigenvalue weighted by Gasteiger charge is -2.29. The quantitative estimate of drug-likeness (QED) is 0.409. The molecule has 2 atom stereocenters. The first-order valence-electron chi connectivity index (χ1n) is 2.55. The molecule has 36 valence electrons. The molecule has 1 aliphatic heterocycles. The molecule has 0 radical (unpaired) electrons. The Hall–Kier alpha value is 0.430. The average Bonchev–Trinajstić information content (AvgIpc) is 1.33. The van der Waals surface area contributed by atoms with E-state index in [9.17, 15) is 0 Å². The third kappa shape index (κ3) is 0.733. The van der Waals surface area contributed by atoms with Crippen molar-refractivity contribution in [1.29, 1.82) is 0 Å². The molecule has 1 fully saturated rings. The summed E-state index contributed by atoms with van der Waals surface area (Å²) in [6.07, 6.45) is 1.48. The average molecular weight is 102 g/mol. The lowest BCUT2D eigenvalue weighted by Crippen LogP contribution is -2.16. The predicted octanol–water partition coefficient (Wildman–Crippen LogP) is 1.85. The van der Waals surface area contributed by atoms with E-state index in [-0.39, 0.29) is 0 Å². The van der Waals surface area contributed by atoms with E-state index in [2.05, 4.69) is 13.8 Å². The zero-order valence-electron chi connectivity index (χ0n) is 4.36. The van der Waals surface area contributed by atoms with E-state index in [0.717, 1.165) is 11.3 Å². The molecule has 1 rings (SSSR count). The Kier molecular flexibility index (Phi) is 1.15. The Morgan fingerprint density at radius 3 is 1.67 bits per heavy atom. The highest BCUT2D eigenvalue weighted by Gasteiger charge is 2.19. The van der Waals surface area contributed by atoms with E-state index in [1.54, 1.807) is 0 Å². The molecular weight excluding hydrogens is 91.0 g/mol. The first-order valence-corrected chi connectivity index (χ1v) is 3.70. The van der Waals surface area contributed by atoms with Gasteiger partial charge >= 0.3 is 0 Å². The van der Waals surface area contributed by atoms with Crippen LogP contribution in [0.5, 0.6) is 0 Å². The molecule has 1 saturated heterocycles. The van der Waals surface area contributed by atoms with Crippen molar-refractivity contribution in [1.82, 2.24) is 0 Å². The standard InChI is InChI=1S/C5H11P/c1-4-3-5(2)6-4/h4-6H,3H2,1-2H3/t4-,5-/m1/s1. The molecule has 1 aliphatic rings. The summed E-state index contributed by atoms with van der Waals surface area (Å²) < 4.78 is 0. The Balaban J connectivity index is 2.11. The van der Waals surface area contributed by atoms with Crippen molar-refractivity contribution in [2.75, 3.05) is 0 Å². The van der Waals surface area contributed by atoms with Gasteiger partial charge in [0.1, 0.15) is 0 Å². The van der Waals surface area contributed by atoms with Crippen molar-refractivity contribution in [2.45, 2.75) is 31.6 Å². The summed E-state index contributed by atoms with van der Waals surface area (Å²) in [5, 5.41) is 0. The van der Waals surface area contributed by atoms with Crippen LogP contribution in [0.2, 0.25) is 0 Å². The SMILES string of the molecule is C[C@@H]1C[C@@H](C)P1. The van der Waals surface area contributed by atoms with Crippen LogP contribution in [0.15, 0.2) is 0 Å². The van der Waals surface area contributed by atoms with Crippen molar-refractivity contribution in [3.05, 3.63) is 0 Å². The van der Waals surface area contributed by atoms with Crippen LogP contribution in [0.1, 0.15) is 20.3 Å². The van der Waals surface area contributed by atoms with Gasteiger partial charge in [-0.3, -0.25) is 0 Å². The van der Waals surface area contributed by atoms with E-state index < -0.39 is 0 Å². The molecule has 1 heteroatoms. The molecule has 0 N–H and O–H groups in total. The smallest absolute Gasteiger partial charge is 0.0257 e. The second kappa shape index (κ2) is 1.50. The summed E-state index contributed by atoms with van der Waals surface area (Å²) in [7, 11) is 1.27. The molecule has 0 unspecified atom stereocenters. The van der Waals surface area contributed by atoms with Crippen molar-refractivity contribution in [2.24, 2.45) is 0 Å². The minimum atomic E-state index is 1.07. The van der Waals surface area contributed by atoms with Gasteiger partial charge in [0.15, 0.2) is 0 Å². The van der Waals surface area contributed by atoms with E-state index in [1.165, 1.54) is 15.0 Å². The van der Waals surface area contributed by atoms with Gasteiger partial charge in [0.25, 0.3) is 0 Å². The topological polar surface area (TPSA) is 0 Å². The monoisotopic (exact) mass is 102 g/mol. The minimum Gasteiger partial charge on any atom is -0.116 e. The molecule has 1 heterocycles. The van der Waals surface area contributed by atoms with Gasteiger partial charge in [0.2, 0.25) is 0 Å². The van der Waals surface area contributed by atoms with Gasteiger partial charge in [-0.15, -0.1) is 8.58 Å². The van der Waals surface area contributed by atoms with Crippen molar-refractivity contribution >= 4 is 8.58 Å². The summed E-state index contributed by atoms with van der Waals surface area (Å²) in [5.41, 5.74) is 2.14. The highest BCUT2D eigenvalue weighted by Crippen LogP contribution is 2.41. The number of hydrogen-bond donors (Lipinski definition) is 0. The Morgan fingerprint density at radius 2 is 1.67 bits per heavy atom. The van der Waals surface area contributed by atoms with E-state index in [1.807, 2.05) is 0 Å². The van der Waals surface area contributed by atoms with Crippen LogP contribution in [-0.2, 0) is 0 Å². The van der Waals surface area contributed by atoms with Crippen molar-refractivity contribution in [3.8, 4) is 0 Å². The molecule has 0 nitrogen and oxygen atoms in total. The fourth-order valence-corrected chi connectivity index (χ4v) is 2.50. The van der Waals surface area contributed by atoms with Gasteiger partial charge in [-0.25, -0.2) is 0 Å². The molecule has 0 spiro atoms. The first-order chi connectivity index (χ1) is 2.79. The molecule has 0 aromatic rings. The maximum absolute atomic E-state index is 2.33. The highest BCUT2D eigenvalue weighted by atomic mass is 31.1. The second-order valence-corrected chi connectivity index (χ2v) is 4.51. The van der Waals surface area contributed by atoms with Crippen molar-refractivity contribution in [3.63, 3.8) is 0 Å². The summed E-state index contributed by atoms with van der Waals surface area (Å²) in [5.74, 6) is 0. The van der Waals surface area contributed by atoms with Crippen LogP contribution in [0.25, 0.3) is 0 Å². The van der Waals surface area contributed by atoms with Crippen LogP contribution < -0.4 is 0 Å². The van der Waals surface area contributed by atoms with E-state index in [0.29, 0.717) is 0 Å². The Morgan fingerprint density at radius 1 is 1.33 bits per heavy atom. The van der Waals surface area contributed by atoms with Gasteiger partial charge < -0.3 is 0 Å². The Bertz CT molecular complexity index is 39.9. The van der Waals surface area contributed by atoms with E-state index in [4.69, 9.17) is 0 Å². The largest absolute Gasteiger partial charge is 0.116 e. The van der Waals surface area contributed by atoms with E-state index >= 15 is 0 Å². The number of hydrogen-bond acceptors (Lipinski definition) is 0. The van der Waals surface area contributed by atoms with Crippen LogP contribution >= 0.6 is 8.58 Å². The third-order valence-corrected chi connectivity index (χ3v) is 2.89. The Labute approximate surface area is 41.1 Å². The summed E-state index contributed by atoms with van der Waals surface area (Å²) in [6.45, 7) is 4.66. The zero-order valence-corrected chi connectivity index (χ0v) is 5.36. The maximum Gasteiger partial charge on any atom is -0.0257 e. The minimum absolute atomic E-state index is 1.07. The van der Waals surface area contributed by atoms with Crippen LogP contribution in [0.4, 0.5) is 0 Å². The summed E-state index contributed by atoms with van der Waals surface area (Å²) >= 11 is 0. The molecule has 0 aromatic carbocycles. The molecule has 0 aliphatic carbocycles. The normalized spacial score (nSPS) is 45.0.